The van der Waals surface area contributed by atoms with Gasteiger partial charge in [-0.25, -0.2) is 10.9 Å². The minimum atomic E-state index is -0.687. The molecular weight excluding hydrogens is 332 g/mol. The van der Waals surface area contributed by atoms with E-state index < -0.39 is 11.8 Å². The first kappa shape index (κ1) is 16.1. The van der Waals surface area contributed by atoms with Crippen LogP contribution in [-0.2, 0) is 16.0 Å². The van der Waals surface area contributed by atoms with Gasteiger partial charge in [-0.1, -0.05) is 11.6 Å². The minimum Gasteiger partial charge on any atom is -0.302 e. The summed E-state index contributed by atoms with van der Waals surface area (Å²) < 4.78 is 0. The third-order valence-electron chi connectivity index (χ3n) is 3.68. The number of hydrazine groups is 1. The first-order chi connectivity index (χ1) is 11.5. The van der Waals surface area contributed by atoms with Crippen molar-refractivity contribution in [1.82, 2.24) is 9.99 Å². The number of aromatic nitrogens is 1. The van der Waals surface area contributed by atoms with Gasteiger partial charge in [0.15, 0.2) is 0 Å². The number of pyridine rings is 1. The molecule has 1 aliphatic rings. The van der Waals surface area contributed by atoms with E-state index in [0.29, 0.717) is 15.7 Å². The molecule has 1 aromatic heterocycles. The molecule has 1 aromatic carbocycles. The van der Waals surface area contributed by atoms with Crippen molar-refractivity contribution in [2.45, 2.75) is 6.42 Å². The summed E-state index contributed by atoms with van der Waals surface area (Å²) in [6.07, 6.45) is 3.01. The number of benzene rings is 1. The smallest absolute Gasteiger partial charge is 0.275 e. The van der Waals surface area contributed by atoms with Crippen molar-refractivity contribution < 1.29 is 14.4 Å². The molecule has 8 heteroatoms. The zero-order valence-corrected chi connectivity index (χ0v) is 13.2. The van der Waals surface area contributed by atoms with Crippen molar-refractivity contribution in [2.75, 3.05) is 11.4 Å². The molecule has 2 heterocycles. The van der Waals surface area contributed by atoms with Gasteiger partial charge in [-0.15, -0.1) is 0 Å². The van der Waals surface area contributed by atoms with E-state index in [1.54, 1.807) is 18.2 Å². The van der Waals surface area contributed by atoms with Crippen LogP contribution in [0.3, 0.4) is 0 Å². The highest BCUT2D eigenvalue weighted by atomic mass is 35.5. The number of halogens is 1. The van der Waals surface area contributed by atoms with Gasteiger partial charge in [0.1, 0.15) is 6.54 Å². The molecule has 3 amide bonds. The van der Waals surface area contributed by atoms with E-state index in [-0.39, 0.29) is 24.4 Å². The minimum absolute atomic E-state index is 0.159. The van der Waals surface area contributed by atoms with Gasteiger partial charge < -0.3 is 4.90 Å². The average molecular weight is 345 g/mol. The molecule has 0 aliphatic carbocycles. The van der Waals surface area contributed by atoms with Crippen LogP contribution in [0.5, 0.6) is 0 Å². The third-order valence-corrected chi connectivity index (χ3v) is 3.92. The van der Waals surface area contributed by atoms with Crippen LogP contribution in [-0.4, -0.2) is 34.3 Å². The fourth-order valence-corrected chi connectivity index (χ4v) is 2.68. The van der Waals surface area contributed by atoms with Gasteiger partial charge in [0.25, 0.3) is 11.8 Å². The second-order valence-electron chi connectivity index (χ2n) is 5.23. The monoisotopic (exact) mass is 344 g/mol. The molecule has 0 unspecified atom stereocenters. The Labute approximate surface area is 142 Å². The van der Waals surface area contributed by atoms with Crippen LogP contribution in [0, 0.1) is 0 Å². The van der Waals surface area contributed by atoms with Gasteiger partial charge in [0.2, 0.25) is 5.91 Å². The highest BCUT2D eigenvalue weighted by Gasteiger charge is 2.31. The quantitative estimate of drug-likeness (QED) is 0.512. The Morgan fingerprint density at radius 2 is 1.96 bits per heavy atom. The summed E-state index contributed by atoms with van der Waals surface area (Å²) in [4.78, 5) is 41.7. The number of carbonyl (C=O) groups is 3. The van der Waals surface area contributed by atoms with Crippen LogP contribution < -0.4 is 10.7 Å². The molecule has 2 N–H and O–H groups in total. The number of anilines is 1. The van der Waals surface area contributed by atoms with Gasteiger partial charge in [0.05, 0.1) is 6.42 Å². The molecule has 7 nitrogen and oxygen atoms in total. The van der Waals surface area contributed by atoms with Crippen molar-refractivity contribution >= 4 is 35.0 Å². The number of imide groups is 1. The van der Waals surface area contributed by atoms with Crippen LogP contribution in [0.1, 0.15) is 15.9 Å². The maximum atomic E-state index is 12.3. The number of carbonyl (C=O) groups excluding carboxylic acids is 3. The molecule has 24 heavy (non-hydrogen) atoms. The van der Waals surface area contributed by atoms with Crippen molar-refractivity contribution in [3.63, 3.8) is 0 Å². The van der Waals surface area contributed by atoms with Crippen molar-refractivity contribution in [3.05, 3.63) is 58.9 Å². The van der Waals surface area contributed by atoms with Gasteiger partial charge in [-0.2, -0.15) is 0 Å². The van der Waals surface area contributed by atoms with Crippen molar-refractivity contribution in [1.29, 1.82) is 0 Å². The SMILES string of the molecule is NN(C(=O)CN1C(=O)Cc2cc(Cl)ccc21)C(=O)c1ccncc1. The largest absolute Gasteiger partial charge is 0.302 e. The Hall–Kier alpha value is -2.77. The standard InChI is InChI=1S/C16H13ClN4O3/c17-12-1-2-13-11(7-12)8-14(22)20(13)9-15(23)21(18)16(24)10-3-5-19-6-4-10/h1-7H,8-9,18H2. The van der Waals surface area contributed by atoms with Gasteiger partial charge in [0, 0.05) is 28.7 Å². The number of rotatable bonds is 3. The summed E-state index contributed by atoms with van der Waals surface area (Å²) >= 11 is 5.91. The Morgan fingerprint density at radius 3 is 2.67 bits per heavy atom. The van der Waals surface area contributed by atoms with Crippen LogP contribution >= 0.6 is 11.6 Å². The number of fused-ring (bicyclic) bond motifs is 1. The fourth-order valence-electron chi connectivity index (χ4n) is 2.48. The van der Waals surface area contributed by atoms with Crippen molar-refractivity contribution in [2.24, 2.45) is 5.84 Å². The molecule has 2 aromatic rings. The normalized spacial score (nSPS) is 12.9. The van der Waals surface area contributed by atoms with Crippen LogP contribution in [0.4, 0.5) is 5.69 Å². The third kappa shape index (κ3) is 2.99. The molecule has 0 radical (unpaired) electrons. The molecule has 0 saturated carbocycles. The lowest BCUT2D eigenvalue weighted by Crippen LogP contribution is -2.48. The summed E-state index contributed by atoms with van der Waals surface area (Å²) in [5, 5.41) is 1.03. The molecule has 0 spiro atoms. The van der Waals surface area contributed by atoms with E-state index in [1.807, 2.05) is 0 Å². The Bertz CT molecular complexity index is 825. The van der Waals surface area contributed by atoms with Gasteiger partial charge in [-0.05, 0) is 35.9 Å². The fraction of sp³-hybridized carbons (Fsp3) is 0.125. The van der Waals surface area contributed by atoms with Crippen LogP contribution in [0.25, 0.3) is 0 Å². The average Bonchev–Trinajstić information content (AvgIpc) is 2.89. The lowest BCUT2D eigenvalue weighted by atomic mass is 10.2. The maximum absolute atomic E-state index is 12.3. The molecule has 122 valence electrons. The second kappa shape index (κ2) is 6.38. The van der Waals surface area contributed by atoms with Crippen LogP contribution in [0.15, 0.2) is 42.7 Å². The summed E-state index contributed by atoms with van der Waals surface area (Å²) in [5.41, 5.74) is 1.58. The number of hydrogen-bond acceptors (Lipinski definition) is 5. The van der Waals surface area contributed by atoms with E-state index >= 15 is 0 Å². The zero-order valence-electron chi connectivity index (χ0n) is 12.5. The topological polar surface area (TPSA) is 96.6 Å². The highest BCUT2D eigenvalue weighted by molar-refractivity contribution is 6.31. The Balaban J connectivity index is 1.76. The van der Waals surface area contributed by atoms with Crippen molar-refractivity contribution in [3.8, 4) is 0 Å². The predicted molar refractivity (Wildman–Crippen MR) is 87.1 cm³/mol. The second-order valence-corrected chi connectivity index (χ2v) is 5.67. The lowest BCUT2D eigenvalue weighted by Gasteiger charge is -2.20. The summed E-state index contributed by atoms with van der Waals surface area (Å²) in [6, 6.07) is 7.89. The van der Waals surface area contributed by atoms with Crippen LogP contribution in [0.2, 0.25) is 5.02 Å². The molecule has 0 atom stereocenters. The number of hydrogen-bond donors (Lipinski definition) is 1. The summed E-state index contributed by atoms with van der Waals surface area (Å²) in [7, 11) is 0. The molecule has 0 bridgehead atoms. The lowest BCUT2D eigenvalue weighted by molar-refractivity contribution is -0.129. The molecular formula is C16H13ClN4O3. The molecule has 0 saturated heterocycles. The van der Waals surface area contributed by atoms with E-state index in [4.69, 9.17) is 17.4 Å². The Kier molecular flexibility index (Phi) is 4.28. The number of nitrogens with zero attached hydrogens (tertiary/aromatic N) is 3. The highest BCUT2D eigenvalue weighted by Crippen LogP contribution is 2.30. The van der Waals surface area contributed by atoms with Gasteiger partial charge in [-0.3, -0.25) is 19.4 Å². The Morgan fingerprint density at radius 1 is 1.25 bits per heavy atom. The number of amides is 3. The van der Waals surface area contributed by atoms with E-state index in [2.05, 4.69) is 4.98 Å². The molecule has 1 aliphatic heterocycles. The van der Waals surface area contributed by atoms with E-state index in [0.717, 1.165) is 5.56 Å². The zero-order chi connectivity index (χ0) is 17.3. The first-order valence-corrected chi connectivity index (χ1v) is 7.46. The number of nitrogens with two attached hydrogens (primary N) is 1. The summed E-state index contributed by atoms with van der Waals surface area (Å²) in [6.45, 7) is -0.319. The molecule has 3 rings (SSSR count). The van der Waals surface area contributed by atoms with E-state index in [1.165, 1.54) is 29.4 Å². The predicted octanol–water partition coefficient (Wildman–Crippen LogP) is 1.17. The maximum Gasteiger partial charge on any atom is 0.275 e. The molecule has 0 fully saturated rings. The van der Waals surface area contributed by atoms with E-state index in [9.17, 15) is 14.4 Å². The van der Waals surface area contributed by atoms with Gasteiger partial charge >= 0.3 is 0 Å². The summed E-state index contributed by atoms with van der Waals surface area (Å²) in [5.74, 6) is 4.02. The first-order valence-electron chi connectivity index (χ1n) is 7.08.